The second kappa shape index (κ2) is 5.10. The molecule has 5 heteroatoms. The first kappa shape index (κ1) is 12.5. The van der Waals surface area contributed by atoms with Gasteiger partial charge in [-0.2, -0.15) is 0 Å². The van der Waals surface area contributed by atoms with Gasteiger partial charge in [0.05, 0.1) is 5.69 Å². The smallest absolute Gasteiger partial charge is 0.201 e. The fraction of sp³-hybridized carbons (Fsp3) is 0.250. The zero-order valence-electron chi connectivity index (χ0n) is 9.45. The van der Waals surface area contributed by atoms with E-state index in [4.69, 9.17) is 17.3 Å². The minimum absolute atomic E-state index is 0.458. The Bertz CT molecular complexity index is 537. The molecular weight excluding hydrogens is 302 g/mol. The summed E-state index contributed by atoms with van der Waals surface area (Å²) in [5, 5.41) is 0.623. The molecule has 3 nitrogen and oxygen atoms in total. The van der Waals surface area contributed by atoms with E-state index in [9.17, 15) is 0 Å². The van der Waals surface area contributed by atoms with Crippen molar-refractivity contribution in [2.45, 2.75) is 12.8 Å². The summed E-state index contributed by atoms with van der Waals surface area (Å²) in [7, 11) is 1.81. The Morgan fingerprint density at radius 3 is 2.76 bits per heavy atom. The van der Waals surface area contributed by atoms with Gasteiger partial charge in [-0.05, 0) is 30.5 Å². The molecule has 0 fully saturated rings. The number of nitrogens with zero attached hydrogens (tertiary/aromatic N) is 2. The molecule has 90 valence electrons. The van der Waals surface area contributed by atoms with Crippen molar-refractivity contribution in [3.8, 4) is 0 Å². The lowest BCUT2D eigenvalue weighted by Gasteiger charge is -2.01. The molecule has 1 aromatic carbocycles. The zero-order chi connectivity index (χ0) is 12.4. The van der Waals surface area contributed by atoms with Crippen LogP contribution in [0.5, 0.6) is 0 Å². The van der Waals surface area contributed by atoms with Gasteiger partial charge in [0.2, 0.25) is 5.95 Å². The third kappa shape index (κ3) is 2.82. The van der Waals surface area contributed by atoms with Crippen LogP contribution in [0.3, 0.4) is 0 Å². The number of anilines is 1. The summed E-state index contributed by atoms with van der Waals surface area (Å²) in [6.45, 7) is 0. The Kier molecular flexibility index (Phi) is 3.74. The van der Waals surface area contributed by atoms with Crippen molar-refractivity contribution >= 4 is 33.5 Å². The second-order valence-corrected chi connectivity index (χ2v) is 5.17. The number of rotatable bonds is 3. The largest absolute Gasteiger partial charge is 0.369 e. The Balaban J connectivity index is 2.10. The van der Waals surface area contributed by atoms with E-state index in [0.29, 0.717) is 11.1 Å². The van der Waals surface area contributed by atoms with Crippen molar-refractivity contribution in [2.75, 3.05) is 5.73 Å². The number of halogens is 2. The molecular formula is C12H13BrClN3. The molecule has 0 spiro atoms. The third-order valence-electron chi connectivity index (χ3n) is 2.67. The zero-order valence-corrected chi connectivity index (χ0v) is 11.8. The summed E-state index contributed by atoms with van der Waals surface area (Å²) < 4.78 is 2.78. The monoisotopic (exact) mass is 313 g/mol. The van der Waals surface area contributed by atoms with Crippen LogP contribution < -0.4 is 5.73 Å². The lowest BCUT2D eigenvalue weighted by atomic mass is 10.1. The summed E-state index contributed by atoms with van der Waals surface area (Å²) in [4.78, 5) is 4.24. The van der Waals surface area contributed by atoms with Gasteiger partial charge in [-0.15, -0.1) is 0 Å². The van der Waals surface area contributed by atoms with Crippen LogP contribution in [-0.4, -0.2) is 9.55 Å². The van der Waals surface area contributed by atoms with E-state index < -0.39 is 0 Å². The van der Waals surface area contributed by atoms with Gasteiger partial charge in [0, 0.05) is 11.5 Å². The van der Waals surface area contributed by atoms with E-state index in [0.717, 1.165) is 23.0 Å². The Hall–Kier alpha value is -1.000. The van der Waals surface area contributed by atoms with Gasteiger partial charge in [0.1, 0.15) is 5.15 Å². The van der Waals surface area contributed by atoms with Crippen LogP contribution in [0.2, 0.25) is 5.15 Å². The minimum atomic E-state index is 0.458. The number of nitrogen functional groups attached to an aromatic ring is 1. The van der Waals surface area contributed by atoms with Gasteiger partial charge in [-0.25, -0.2) is 4.98 Å². The third-order valence-corrected chi connectivity index (χ3v) is 3.63. The fourth-order valence-corrected chi connectivity index (χ4v) is 2.34. The Morgan fingerprint density at radius 1 is 1.41 bits per heavy atom. The molecule has 2 rings (SSSR count). The molecule has 0 aliphatic carbocycles. The molecule has 0 saturated carbocycles. The van der Waals surface area contributed by atoms with Crippen LogP contribution in [0.4, 0.5) is 5.95 Å². The predicted molar refractivity (Wildman–Crippen MR) is 74.2 cm³/mol. The van der Waals surface area contributed by atoms with Crippen LogP contribution in [0.15, 0.2) is 28.7 Å². The van der Waals surface area contributed by atoms with E-state index >= 15 is 0 Å². The topological polar surface area (TPSA) is 43.8 Å². The summed E-state index contributed by atoms with van der Waals surface area (Å²) in [5.41, 5.74) is 7.80. The molecule has 2 N–H and O–H groups in total. The van der Waals surface area contributed by atoms with Crippen molar-refractivity contribution in [3.05, 3.63) is 45.1 Å². The SMILES string of the molecule is Cn1c(N)nc(CCc2cccc(Br)c2)c1Cl. The van der Waals surface area contributed by atoms with E-state index in [-0.39, 0.29) is 0 Å². The van der Waals surface area contributed by atoms with E-state index in [1.807, 2.05) is 19.2 Å². The molecule has 0 bridgehead atoms. The highest BCUT2D eigenvalue weighted by atomic mass is 79.9. The normalized spacial score (nSPS) is 10.8. The van der Waals surface area contributed by atoms with Crippen LogP contribution >= 0.6 is 27.5 Å². The summed E-state index contributed by atoms with van der Waals surface area (Å²) in [6.07, 6.45) is 1.69. The highest BCUT2D eigenvalue weighted by Gasteiger charge is 2.10. The number of hydrogen-bond donors (Lipinski definition) is 1. The van der Waals surface area contributed by atoms with E-state index in [1.165, 1.54) is 5.56 Å². The molecule has 0 amide bonds. The number of aryl methyl sites for hydroxylation is 2. The van der Waals surface area contributed by atoms with Crippen LogP contribution in [0, 0.1) is 0 Å². The van der Waals surface area contributed by atoms with Gasteiger partial charge in [-0.3, -0.25) is 0 Å². The molecule has 1 aromatic heterocycles. The molecule has 0 unspecified atom stereocenters. The van der Waals surface area contributed by atoms with Gasteiger partial charge in [-0.1, -0.05) is 39.7 Å². The van der Waals surface area contributed by atoms with Crippen LogP contribution in [-0.2, 0) is 19.9 Å². The molecule has 0 saturated heterocycles. The molecule has 0 aliphatic rings. The summed E-state index contributed by atoms with van der Waals surface area (Å²) in [6, 6.07) is 8.22. The highest BCUT2D eigenvalue weighted by Crippen LogP contribution is 2.20. The van der Waals surface area contributed by atoms with Gasteiger partial charge in [0.15, 0.2) is 0 Å². The fourth-order valence-electron chi connectivity index (χ4n) is 1.67. The van der Waals surface area contributed by atoms with Gasteiger partial charge >= 0.3 is 0 Å². The molecule has 0 radical (unpaired) electrons. The first-order chi connectivity index (χ1) is 8.08. The quantitative estimate of drug-likeness (QED) is 0.945. The lowest BCUT2D eigenvalue weighted by Crippen LogP contribution is -1.96. The van der Waals surface area contributed by atoms with E-state index in [1.54, 1.807) is 4.57 Å². The molecule has 17 heavy (non-hydrogen) atoms. The van der Waals surface area contributed by atoms with Crippen molar-refractivity contribution in [1.82, 2.24) is 9.55 Å². The maximum absolute atomic E-state index is 6.12. The molecule has 0 aliphatic heterocycles. The number of imidazole rings is 1. The van der Waals surface area contributed by atoms with Crippen LogP contribution in [0.1, 0.15) is 11.3 Å². The Labute approximate surface area is 114 Å². The Morgan fingerprint density at radius 2 is 2.18 bits per heavy atom. The van der Waals surface area contributed by atoms with Gasteiger partial charge in [0.25, 0.3) is 0 Å². The van der Waals surface area contributed by atoms with Crippen molar-refractivity contribution in [1.29, 1.82) is 0 Å². The van der Waals surface area contributed by atoms with Gasteiger partial charge < -0.3 is 10.3 Å². The van der Waals surface area contributed by atoms with E-state index in [2.05, 4.69) is 33.0 Å². The number of hydrogen-bond acceptors (Lipinski definition) is 2. The maximum atomic E-state index is 6.12. The first-order valence-electron chi connectivity index (χ1n) is 5.29. The summed E-state index contributed by atoms with van der Waals surface area (Å²) in [5.74, 6) is 0.458. The second-order valence-electron chi connectivity index (χ2n) is 3.90. The molecule has 0 atom stereocenters. The predicted octanol–water partition coefficient (Wildman–Crippen LogP) is 3.20. The average Bonchev–Trinajstić information content (AvgIpc) is 2.54. The minimum Gasteiger partial charge on any atom is -0.369 e. The van der Waals surface area contributed by atoms with Crippen molar-refractivity contribution in [3.63, 3.8) is 0 Å². The number of benzene rings is 1. The molecule has 1 heterocycles. The number of aromatic nitrogens is 2. The van der Waals surface area contributed by atoms with Crippen molar-refractivity contribution in [2.24, 2.45) is 7.05 Å². The van der Waals surface area contributed by atoms with Crippen molar-refractivity contribution < 1.29 is 0 Å². The average molecular weight is 315 g/mol. The summed E-state index contributed by atoms with van der Waals surface area (Å²) >= 11 is 9.58. The number of nitrogens with two attached hydrogens (primary N) is 1. The lowest BCUT2D eigenvalue weighted by molar-refractivity contribution is 0.910. The first-order valence-corrected chi connectivity index (χ1v) is 6.46. The highest BCUT2D eigenvalue weighted by molar-refractivity contribution is 9.10. The standard InChI is InChI=1S/C12H13BrClN3/c1-17-11(14)10(16-12(17)15)6-5-8-3-2-4-9(13)7-8/h2-4,7H,5-6H2,1H3,(H2,15,16). The van der Waals surface area contributed by atoms with Crippen LogP contribution in [0.25, 0.3) is 0 Å². The maximum Gasteiger partial charge on any atom is 0.201 e. The molecule has 2 aromatic rings.